The van der Waals surface area contributed by atoms with Crippen molar-refractivity contribution in [2.75, 3.05) is 18.5 Å². The van der Waals surface area contributed by atoms with Crippen LogP contribution in [0.25, 0.3) is 10.4 Å². The summed E-state index contributed by atoms with van der Waals surface area (Å²) in [7, 11) is 0. The van der Waals surface area contributed by atoms with Crippen LogP contribution in [0.15, 0.2) is 30.3 Å². The van der Waals surface area contributed by atoms with E-state index in [9.17, 15) is 9.59 Å². The zero-order valence-electron chi connectivity index (χ0n) is 18.7. The first-order valence-corrected chi connectivity index (χ1v) is 11.3. The number of ether oxygens (including phenoxy) is 1. The highest BCUT2D eigenvalue weighted by molar-refractivity contribution is 7.20. The van der Waals surface area contributed by atoms with E-state index < -0.39 is 11.9 Å². The Morgan fingerprint density at radius 1 is 1.13 bits per heavy atom. The minimum atomic E-state index is -0.743. The number of hydrogen-bond acceptors (Lipinski definition) is 5. The molecule has 7 nitrogen and oxygen atoms in total. The number of benzene rings is 1. The highest BCUT2D eigenvalue weighted by Crippen LogP contribution is 2.40. The van der Waals surface area contributed by atoms with Crippen LogP contribution in [0, 0.1) is 0 Å². The lowest BCUT2D eigenvalue weighted by atomic mass is 9.80. The molecule has 2 aromatic rings. The maximum absolute atomic E-state index is 11.8. The molecule has 0 radical (unpaired) electrons. The Morgan fingerprint density at radius 2 is 1.77 bits per heavy atom. The Bertz CT molecular complexity index is 951. The number of piperidine rings is 1. The van der Waals surface area contributed by atoms with E-state index in [2.05, 4.69) is 37.9 Å². The maximum atomic E-state index is 11.8. The second-order valence-corrected chi connectivity index (χ2v) is 10.2. The van der Waals surface area contributed by atoms with Crippen molar-refractivity contribution in [3.05, 3.63) is 35.9 Å². The summed E-state index contributed by atoms with van der Waals surface area (Å²) in [6.07, 6.45) is 3.59. The van der Waals surface area contributed by atoms with Gasteiger partial charge in [-0.3, -0.25) is 15.0 Å². The largest absolute Gasteiger partial charge is 0.492 e. The van der Waals surface area contributed by atoms with E-state index in [1.54, 1.807) is 6.07 Å². The highest BCUT2D eigenvalue weighted by Gasteiger charge is 2.40. The molecule has 8 heteroatoms. The van der Waals surface area contributed by atoms with Crippen LogP contribution in [0.4, 0.5) is 9.80 Å². The summed E-state index contributed by atoms with van der Waals surface area (Å²) in [6.45, 7) is 10.6. The molecule has 31 heavy (non-hydrogen) atoms. The quantitative estimate of drug-likeness (QED) is 0.587. The third-order valence-electron chi connectivity index (χ3n) is 6.00. The Labute approximate surface area is 187 Å². The molecular formula is C23H32N4O3S. The predicted molar refractivity (Wildman–Crippen MR) is 126 cm³/mol. The molecule has 3 rings (SSSR count). The summed E-state index contributed by atoms with van der Waals surface area (Å²) in [5.41, 5.74) is 12.0. The predicted octanol–water partition coefficient (Wildman–Crippen LogP) is 4.43. The van der Waals surface area contributed by atoms with Gasteiger partial charge in [-0.15, -0.1) is 11.3 Å². The Hall–Kier alpha value is -2.58. The molecule has 0 spiro atoms. The molecular weight excluding hydrogens is 412 g/mol. The second-order valence-electron chi connectivity index (χ2n) is 9.18. The Kier molecular flexibility index (Phi) is 6.62. The number of nitrogens with zero attached hydrogens (tertiary/aromatic N) is 1. The molecule has 1 saturated heterocycles. The number of hydrogen-bond donors (Lipinski definition) is 3. The van der Waals surface area contributed by atoms with E-state index in [0.29, 0.717) is 11.6 Å². The van der Waals surface area contributed by atoms with Crippen LogP contribution in [-0.4, -0.2) is 41.1 Å². The van der Waals surface area contributed by atoms with E-state index in [4.69, 9.17) is 16.2 Å². The minimum Gasteiger partial charge on any atom is -0.492 e. The zero-order valence-corrected chi connectivity index (χ0v) is 19.5. The van der Waals surface area contributed by atoms with Gasteiger partial charge in [0.05, 0.1) is 5.56 Å². The fourth-order valence-electron chi connectivity index (χ4n) is 4.60. The van der Waals surface area contributed by atoms with E-state index in [1.165, 1.54) is 30.6 Å². The van der Waals surface area contributed by atoms with Crippen molar-refractivity contribution in [2.45, 2.75) is 58.0 Å². The number of amides is 3. The summed E-state index contributed by atoms with van der Waals surface area (Å²) in [6, 6.07) is 8.58. The molecule has 1 aliphatic heterocycles. The first-order valence-electron chi connectivity index (χ1n) is 10.5. The molecule has 5 N–H and O–H groups in total. The normalized spacial score (nSPS) is 17.8. The van der Waals surface area contributed by atoms with Gasteiger partial charge < -0.3 is 16.2 Å². The van der Waals surface area contributed by atoms with Gasteiger partial charge in [-0.2, -0.15) is 0 Å². The summed E-state index contributed by atoms with van der Waals surface area (Å²) in [4.78, 5) is 26.4. The van der Waals surface area contributed by atoms with Crippen LogP contribution in [-0.2, 0) is 0 Å². The summed E-state index contributed by atoms with van der Waals surface area (Å²) < 4.78 is 6.21. The number of likely N-dealkylation sites (tertiary alicyclic amines) is 1. The molecule has 1 fully saturated rings. The van der Waals surface area contributed by atoms with Crippen LogP contribution in [0.3, 0.4) is 0 Å². The molecule has 0 unspecified atom stereocenters. The monoisotopic (exact) mass is 444 g/mol. The summed E-state index contributed by atoms with van der Waals surface area (Å²) in [5.74, 6) is 0.0947. The van der Waals surface area contributed by atoms with Gasteiger partial charge in [-0.25, -0.2) is 4.79 Å². The van der Waals surface area contributed by atoms with Gasteiger partial charge in [0.15, 0.2) is 0 Å². The van der Waals surface area contributed by atoms with Gasteiger partial charge >= 0.3 is 6.03 Å². The van der Waals surface area contributed by atoms with Gasteiger partial charge in [0.2, 0.25) is 0 Å². The molecule has 0 bridgehead atoms. The molecule has 0 aliphatic carbocycles. The second kappa shape index (κ2) is 8.88. The van der Waals surface area contributed by atoms with Crippen LogP contribution < -0.4 is 21.5 Å². The highest BCUT2D eigenvalue weighted by atomic mass is 32.1. The lowest BCUT2D eigenvalue weighted by molar-refractivity contribution is -0.0339. The number of para-hydroxylation sites is 1. The van der Waals surface area contributed by atoms with E-state index in [0.717, 1.165) is 22.7 Å². The Balaban J connectivity index is 1.80. The smallest absolute Gasteiger partial charge is 0.317 e. The molecule has 2 heterocycles. The molecule has 1 aliphatic rings. The lowest BCUT2D eigenvalue weighted by Crippen LogP contribution is -2.59. The molecule has 1 aromatic heterocycles. The average Bonchev–Trinajstić information content (AvgIpc) is 3.07. The van der Waals surface area contributed by atoms with E-state index in [1.807, 2.05) is 24.3 Å². The maximum Gasteiger partial charge on any atom is 0.317 e. The number of rotatable bonds is 7. The van der Waals surface area contributed by atoms with Crippen molar-refractivity contribution in [1.82, 2.24) is 4.90 Å². The molecule has 1 aromatic carbocycles. The first kappa shape index (κ1) is 23.1. The average molecular weight is 445 g/mol. The van der Waals surface area contributed by atoms with Crippen LogP contribution in [0.1, 0.15) is 57.3 Å². The van der Waals surface area contributed by atoms with Crippen molar-refractivity contribution >= 4 is 28.3 Å². The van der Waals surface area contributed by atoms with Gasteiger partial charge in [0, 0.05) is 28.1 Å². The summed E-state index contributed by atoms with van der Waals surface area (Å²) in [5, 5.41) is 2.81. The molecule has 168 valence electrons. The van der Waals surface area contributed by atoms with Gasteiger partial charge in [-0.05, 0) is 65.2 Å². The SMILES string of the molecule is CC1(C)CCCC(C)(C)N1CCOc1ccccc1-c1cc(C(N)=O)c(NC(N)=O)s1. The van der Waals surface area contributed by atoms with Crippen molar-refractivity contribution in [1.29, 1.82) is 0 Å². The van der Waals surface area contributed by atoms with Crippen LogP contribution in [0.5, 0.6) is 5.75 Å². The van der Waals surface area contributed by atoms with E-state index >= 15 is 0 Å². The number of nitrogens with two attached hydrogens (primary N) is 2. The van der Waals surface area contributed by atoms with Crippen molar-refractivity contribution in [2.24, 2.45) is 11.5 Å². The number of carbonyl (C=O) groups is 2. The van der Waals surface area contributed by atoms with Crippen LogP contribution >= 0.6 is 11.3 Å². The van der Waals surface area contributed by atoms with Crippen molar-refractivity contribution < 1.29 is 14.3 Å². The third-order valence-corrected chi connectivity index (χ3v) is 7.08. The lowest BCUT2D eigenvalue weighted by Gasteiger charge is -2.53. The molecule has 0 saturated carbocycles. The standard InChI is InChI=1S/C23H32N4O3S/c1-22(2)10-7-11-23(3,4)27(22)12-13-30-17-9-6-5-8-15(17)18-14-16(19(24)28)20(31-18)26-21(25)29/h5-6,8-9,14H,7,10-13H2,1-4H3,(H2,24,28)(H3,25,26,29). The van der Waals surface area contributed by atoms with Crippen LogP contribution in [0.2, 0.25) is 0 Å². The molecule has 0 atom stereocenters. The third kappa shape index (κ3) is 5.19. The number of carbonyl (C=O) groups excluding carboxylic acids is 2. The minimum absolute atomic E-state index is 0.129. The zero-order chi connectivity index (χ0) is 22.8. The van der Waals surface area contributed by atoms with Gasteiger partial charge in [0.1, 0.15) is 17.4 Å². The van der Waals surface area contributed by atoms with Crippen molar-refractivity contribution in [3.63, 3.8) is 0 Å². The number of urea groups is 1. The number of anilines is 1. The topological polar surface area (TPSA) is 111 Å². The van der Waals surface area contributed by atoms with Crippen molar-refractivity contribution in [3.8, 4) is 16.2 Å². The number of primary amides is 2. The fourth-order valence-corrected chi connectivity index (χ4v) is 5.70. The van der Waals surface area contributed by atoms with Gasteiger partial charge in [-0.1, -0.05) is 12.1 Å². The molecule has 3 amide bonds. The first-order chi connectivity index (χ1) is 14.5. The van der Waals surface area contributed by atoms with Gasteiger partial charge in [0.25, 0.3) is 5.91 Å². The Morgan fingerprint density at radius 3 is 2.39 bits per heavy atom. The number of thiophene rings is 1. The fraction of sp³-hybridized carbons (Fsp3) is 0.478. The van der Waals surface area contributed by atoms with E-state index in [-0.39, 0.29) is 16.6 Å². The number of nitrogens with one attached hydrogen (secondary N) is 1. The summed E-state index contributed by atoms with van der Waals surface area (Å²) >= 11 is 1.24.